The number of hydrogen-bond donors (Lipinski definition) is 1. The molecule has 1 aromatic heterocycles. The number of hydrogen-bond acceptors (Lipinski definition) is 5. The highest BCUT2D eigenvalue weighted by atomic mass is 35.5. The molecule has 0 radical (unpaired) electrons. The monoisotopic (exact) mass is 437 g/mol. The van der Waals surface area contributed by atoms with E-state index >= 15 is 0 Å². The van der Waals surface area contributed by atoms with Crippen molar-refractivity contribution in [1.29, 1.82) is 0 Å². The summed E-state index contributed by atoms with van der Waals surface area (Å²) in [5.41, 5.74) is 3.98. The van der Waals surface area contributed by atoms with Crippen LogP contribution < -0.4 is 5.32 Å². The van der Waals surface area contributed by atoms with Gasteiger partial charge in [-0.25, -0.2) is 0 Å². The van der Waals surface area contributed by atoms with E-state index in [1.165, 1.54) is 4.90 Å². The first-order valence-electron chi connectivity index (χ1n) is 10.0. The molecule has 0 aliphatic carbocycles. The molecule has 1 N–H and O–H groups in total. The summed E-state index contributed by atoms with van der Waals surface area (Å²) >= 11 is 8.39. The highest BCUT2D eigenvalue weighted by molar-refractivity contribution is 7.99. The van der Waals surface area contributed by atoms with Crippen LogP contribution in [0.15, 0.2) is 65.0 Å². The number of nitrogens with one attached hydrogen (secondary N) is 1. The Bertz CT molecular complexity index is 1090. The largest absolute Gasteiger partial charge is 0.310 e. The number of benzene rings is 2. The van der Waals surface area contributed by atoms with Crippen molar-refractivity contribution in [3.8, 4) is 5.69 Å². The van der Waals surface area contributed by atoms with Gasteiger partial charge in [0.15, 0.2) is 11.6 Å². The SMILES string of the molecule is C=CCCNCc1nnc2n1-c1cccc(SCC)c1C(c1ccccc1Cl)=NC2. The molecule has 1 aliphatic heterocycles. The molecule has 5 nitrogen and oxygen atoms in total. The van der Waals surface area contributed by atoms with Gasteiger partial charge in [0.05, 0.1) is 17.9 Å². The Morgan fingerprint density at radius 2 is 2.07 bits per heavy atom. The van der Waals surface area contributed by atoms with E-state index in [0.717, 1.165) is 52.9 Å². The minimum absolute atomic E-state index is 0.450. The van der Waals surface area contributed by atoms with Gasteiger partial charge in [-0.3, -0.25) is 9.56 Å². The molecule has 0 fully saturated rings. The summed E-state index contributed by atoms with van der Waals surface area (Å²) in [7, 11) is 0. The number of rotatable bonds is 8. The van der Waals surface area contributed by atoms with Crippen LogP contribution >= 0.6 is 23.4 Å². The maximum Gasteiger partial charge on any atom is 0.159 e. The summed E-state index contributed by atoms with van der Waals surface area (Å²) in [5, 5.41) is 13.0. The average Bonchev–Trinajstić information content (AvgIpc) is 3.08. The fourth-order valence-corrected chi connectivity index (χ4v) is 4.63. The molecular formula is C23H24ClN5S. The second-order valence-corrected chi connectivity index (χ2v) is 8.56. The fraction of sp³-hybridized carbons (Fsp3) is 0.261. The zero-order chi connectivity index (χ0) is 20.9. The lowest BCUT2D eigenvalue weighted by Gasteiger charge is -2.17. The van der Waals surface area contributed by atoms with Gasteiger partial charge in [0.2, 0.25) is 0 Å². The number of fused-ring (bicyclic) bond motifs is 3. The molecule has 0 amide bonds. The normalized spacial score (nSPS) is 12.7. The van der Waals surface area contributed by atoms with Crippen LogP contribution in [0.4, 0.5) is 0 Å². The Morgan fingerprint density at radius 3 is 2.87 bits per heavy atom. The van der Waals surface area contributed by atoms with Crippen LogP contribution in [-0.4, -0.2) is 32.8 Å². The van der Waals surface area contributed by atoms with Crippen LogP contribution in [0, 0.1) is 0 Å². The Balaban J connectivity index is 1.86. The smallest absolute Gasteiger partial charge is 0.159 e. The molecule has 4 rings (SSSR count). The van der Waals surface area contributed by atoms with E-state index in [-0.39, 0.29) is 0 Å². The van der Waals surface area contributed by atoms with Crippen molar-refractivity contribution in [3.05, 3.63) is 82.9 Å². The van der Waals surface area contributed by atoms with Crippen molar-refractivity contribution in [2.24, 2.45) is 4.99 Å². The third-order valence-electron chi connectivity index (χ3n) is 4.89. The maximum atomic E-state index is 6.58. The van der Waals surface area contributed by atoms with Crippen molar-refractivity contribution in [2.45, 2.75) is 31.3 Å². The third kappa shape index (κ3) is 4.08. The van der Waals surface area contributed by atoms with Gasteiger partial charge in [-0.15, -0.1) is 28.5 Å². The molecule has 7 heteroatoms. The number of nitrogens with zero attached hydrogens (tertiary/aromatic N) is 4. The highest BCUT2D eigenvalue weighted by Crippen LogP contribution is 2.34. The van der Waals surface area contributed by atoms with Gasteiger partial charge >= 0.3 is 0 Å². The molecule has 154 valence electrons. The van der Waals surface area contributed by atoms with Gasteiger partial charge in [-0.1, -0.05) is 48.9 Å². The van der Waals surface area contributed by atoms with Gasteiger partial charge in [-0.05, 0) is 36.9 Å². The number of thioether (sulfide) groups is 1. The summed E-state index contributed by atoms with van der Waals surface area (Å²) in [5.74, 6) is 2.68. The van der Waals surface area contributed by atoms with E-state index in [2.05, 4.69) is 51.8 Å². The van der Waals surface area contributed by atoms with E-state index in [1.54, 1.807) is 11.8 Å². The van der Waals surface area contributed by atoms with Gasteiger partial charge in [0.1, 0.15) is 6.54 Å². The summed E-state index contributed by atoms with van der Waals surface area (Å²) < 4.78 is 2.14. The third-order valence-corrected chi connectivity index (χ3v) is 6.16. The van der Waals surface area contributed by atoms with E-state index < -0.39 is 0 Å². The Labute approximate surface area is 186 Å². The van der Waals surface area contributed by atoms with Gasteiger partial charge in [0, 0.05) is 21.0 Å². The molecule has 0 saturated heterocycles. The van der Waals surface area contributed by atoms with Gasteiger partial charge < -0.3 is 5.32 Å². The van der Waals surface area contributed by atoms with Crippen molar-refractivity contribution in [3.63, 3.8) is 0 Å². The molecule has 0 atom stereocenters. The summed E-state index contributed by atoms with van der Waals surface area (Å²) in [4.78, 5) is 6.15. The van der Waals surface area contributed by atoms with Gasteiger partial charge in [0.25, 0.3) is 0 Å². The first kappa shape index (κ1) is 20.8. The summed E-state index contributed by atoms with van der Waals surface area (Å²) in [6.07, 6.45) is 2.82. The molecule has 2 aromatic carbocycles. The number of aromatic nitrogens is 3. The van der Waals surface area contributed by atoms with Crippen LogP contribution in [0.5, 0.6) is 0 Å². The summed E-state index contributed by atoms with van der Waals surface area (Å²) in [6.45, 7) is 7.87. The molecule has 0 spiro atoms. The van der Waals surface area contributed by atoms with Crippen molar-refractivity contribution < 1.29 is 0 Å². The quantitative estimate of drug-likeness (QED) is 0.304. The predicted octanol–water partition coefficient (Wildman–Crippen LogP) is 5.05. The van der Waals surface area contributed by atoms with E-state index in [9.17, 15) is 0 Å². The maximum absolute atomic E-state index is 6.58. The Kier molecular flexibility index (Phi) is 6.67. The second kappa shape index (κ2) is 9.60. The minimum atomic E-state index is 0.450. The van der Waals surface area contributed by atoms with Crippen molar-refractivity contribution >= 4 is 29.1 Å². The first-order valence-corrected chi connectivity index (χ1v) is 11.4. The lowest BCUT2D eigenvalue weighted by Crippen LogP contribution is -2.19. The highest BCUT2D eigenvalue weighted by Gasteiger charge is 2.26. The first-order chi connectivity index (χ1) is 14.7. The second-order valence-electron chi connectivity index (χ2n) is 6.85. The van der Waals surface area contributed by atoms with Crippen LogP contribution in [0.2, 0.25) is 5.02 Å². The van der Waals surface area contributed by atoms with Crippen LogP contribution in [0.1, 0.15) is 36.1 Å². The van der Waals surface area contributed by atoms with E-state index in [4.69, 9.17) is 16.6 Å². The molecule has 30 heavy (non-hydrogen) atoms. The van der Waals surface area contributed by atoms with Crippen molar-refractivity contribution in [2.75, 3.05) is 12.3 Å². The molecule has 0 unspecified atom stereocenters. The van der Waals surface area contributed by atoms with Crippen LogP contribution in [0.3, 0.4) is 0 Å². The zero-order valence-corrected chi connectivity index (χ0v) is 18.5. The topological polar surface area (TPSA) is 55.1 Å². The Hall–Kier alpha value is -2.41. The molecule has 0 bridgehead atoms. The van der Waals surface area contributed by atoms with Gasteiger partial charge in [-0.2, -0.15) is 0 Å². The molecule has 0 saturated carbocycles. The molecule has 2 heterocycles. The predicted molar refractivity (Wildman–Crippen MR) is 125 cm³/mol. The summed E-state index contributed by atoms with van der Waals surface area (Å²) in [6, 6.07) is 14.2. The van der Waals surface area contributed by atoms with E-state index in [1.807, 2.05) is 30.3 Å². The molecule has 3 aromatic rings. The number of aliphatic imine (C=N–C) groups is 1. The molecular weight excluding hydrogens is 414 g/mol. The minimum Gasteiger partial charge on any atom is -0.310 e. The average molecular weight is 438 g/mol. The number of halogens is 1. The Morgan fingerprint density at radius 1 is 1.20 bits per heavy atom. The molecule has 1 aliphatic rings. The van der Waals surface area contributed by atoms with E-state index in [0.29, 0.717) is 18.1 Å². The fourth-order valence-electron chi connectivity index (χ4n) is 3.57. The van der Waals surface area contributed by atoms with Crippen LogP contribution in [0.25, 0.3) is 5.69 Å². The zero-order valence-electron chi connectivity index (χ0n) is 16.9. The van der Waals surface area contributed by atoms with Crippen molar-refractivity contribution in [1.82, 2.24) is 20.1 Å². The lowest BCUT2D eigenvalue weighted by molar-refractivity contribution is 0.653. The standard InChI is InChI=1S/C23H24ClN5S/c1-3-5-13-25-14-20-27-28-21-15-26-23(16-9-6-7-10-17(16)24)22-18(29(20)21)11-8-12-19(22)30-4-2/h3,6-12,25H,1,4-5,13-15H2,2H3. The lowest BCUT2D eigenvalue weighted by atomic mass is 10.00. The van der Waals surface area contributed by atoms with Crippen LogP contribution in [-0.2, 0) is 13.1 Å².